The van der Waals surface area contributed by atoms with Gasteiger partial charge in [0.15, 0.2) is 24.8 Å². The van der Waals surface area contributed by atoms with Crippen LogP contribution in [0.2, 0.25) is 0 Å². The zero-order valence-corrected chi connectivity index (χ0v) is 55.4. The summed E-state index contributed by atoms with van der Waals surface area (Å²) in [5, 5.41) is 29.4. The first-order chi connectivity index (χ1) is 42.5. The Morgan fingerprint density at radius 3 is 1.18 bits per heavy atom. The normalized spacial score (nSPS) is 15.0. The number of aromatic nitrogens is 3. The van der Waals surface area contributed by atoms with Crippen LogP contribution >= 0.6 is 0 Å². The van der Waals surface area contributed by atoms with E-state index in [-0.39, 0.29) is 19.6 Å². The van der Waals surface area contributed by atoms with Crippen molar-refractivity contribution in [2.75, 3.05) is 34.4 Å². The summed E-state index contributed by atoms with van der Waals surface area (Å²) in [5.41, 5.74) is 13.7. The van der Waals surface area contributed by atoms with Crippen LogP contribution in [0.3, 0.4) is 0 Å². The number of aliphatic carboxylic acids is 1. The fraction of sp³-hybridized carbons (Fsp3) is 0.527. The van der Waals surface area contributed by atoms with Crippen LogP contribution in [0, 0.1) is 41.5 Å². The summed E-state index contributed by atoms with van der Waals surface area (Å²) >= 11 is 0. The molecule has 3 saturated carbocycles. The number of aryl methyl sites for hydroxylation is 6. The number of ether oxygens (including phenoxy) is 7. The number of carboxylic acid groups (broad SMARTS) is 1. The van der Waals surface area contributed by atoms with Crippen LogP contribution in [0.25, 0.3) is 0 Å². The van der Waals surface area contributed by atoms with Gasteiger partial charge in [-0.15, -0.1) is 0 Å². The molecule has 0 atom stereocenters. The number of carboxylic acids is 1. The number of carbonyl (C=O) groups is 2. The third-order valence-electron chi connectivity index (χ3n) is 17.6. The Morgan fingerprint density at radius 1 is 0.483 bits per heavy atom. The molecule has 3 heterocycles. The number of hydrogen-bond donors (Lipinski definition) is 3. The van der Waals surface area contributed by atoms with Gasteiger partial charge in [-0.2, -0.15) is 0 Å². The van der Waals surface area contributed by atoms with Gasteiger partial charge in [0.2, 0.25) is 0 Å². The molecular formula is C74H99N3O12. The highest BCUT2D eigenvalue weighted by Gasteiger charge is 2.33. The molecule has 3 aliphatic rings. The summed E-state index contributed by atoms with van der Waals surface area (Å²) in [6.45, 7) is 21.4. The van der Waals surface area contributed by atoms with Gasteiger partial charge in [0.25, 0.3) is 0 Å². The second-order valence-electron chi connectivity index (χ2n) is 25.6. The Bertz CT molecular complexity index is 3250. The summed E-state index contributed by atoms with van der Waals surface area (Å²) in [4.78, 5) is 38.5. The Hall–Kier alpha value is -7.23. The van der Waals surface area contributed by atoms with Crippen LogP contribution in [0.15, 0.2) is 72.8 Å². The lowest BCUT2D eigenvalue weighted by molar-refractivity contribution is -0.158. The molecule has 0 bridgehead atoms. The van der Waals surface area contributed by atoms with Gasteiger partial charge in [0.05, 0.1) is 23.7 Å². The number of phenolic OH excluding ortho intramolecular Hbond substituents is 1. The van der Waals surface area contributed by atoms with Crippen molar-refractivity contribution < 1.29 is 58.1 Å². The van der Waals surface area contributed by atoms with E-state index in [1.807, 2.05) is 94.4 Å². The van der Waals surface area contributed by atoms with E-state index >= 15 is 0 Å². The highest BCUT2D eigenvalue weighted by atomic mass is 16.7. The van der Waals surface area contributed by atoms with E-state index in [1.54, 1.807) is 54.9 Å². The minimum atomic E-state index is -1.28. The summed E-state index contributed by atoms with van der Waals surface area (Å²) in [7, 11) is 3.27. The molecule has 3 fully saturated rings. The Kier molecular flexibility index (Phi) is 25.3. The minimum Gasteiger partial charge on any atom is -0.508 e. The van der Waals surface area contributed by atoms with Crippen LogP contribution < -0.4 is 18.9 Å². The lowest BCUT2D eigenvalue weighted by atomic mass is 9.86. The molecule has 0 saturated heterocycles. The number of pyridine rings is 3. The van der Waals surface area contributed by atoms with Crippen molar-refractivity contribution in [2.45, 2.75) is 221 Å². The van der Waals surface area contributed by atoms with E-state index in [9.17, 15) is 24.9 Å². The fourth-order valence-corrected chi connectivity index (χ4v) is 12.7. The number of benzene rings is 3. The zero-order valence-electron chi connectivity index (χ0n) is 55.4. The molecule has 0 amide bonds. The molecule has 0 radical (unpaired) electrons. The fourth-order valence-electron chi connectivity index (χ4n) is 12.7. The Balaban J connectivity index is 0.000000192. The molecule has 3 aromatic heterocycles. The van der Waals surface area contributed by atoms with Crippen molar-refractivity contribution in [1.29, 1.82) is 0 Å². The first-order valence-electron chi connectivity index (χ1n) is 32.2. The first-order valence-corrected chi connectivity index (χ1v) is 32.2. The van der Waals surface area contributed by atoms with Crippen LogP contribution in [-0.4, -0.2) is 87.8 Å². The maximum absolute atomic E-state index is 12.2. The molecule has 15 heteroatoms. The number of esters is 1. The number of nitrogens with zero attached hydrogens (tertiary/aromatic N) is 3. The third-order valence-corrected chi connectivity index (χ3v) is 17.6. The predicted molar refractivity (Wildman–Crippen MR) is 348 cm³/mol. The van der Waals surface area contributed by atoms with Crippen LogP contribution in [0.1, 0.15) is 233 Å². The van der Waals surface area contributed by atoms with Crippen LogP contribution in [0.5, 0.6) is 34.5 Å². The predicted octanol–water partition coefficient (Wildman–Crippen LogP) is 16.3. The minimum absolute atomic E-state index is 0.225. The summed E-state index contributed by atoms with van der Waals surface area (Å²) < 4.78 is 38.7. The maximum atomic E-state index is 12.2. The van der Waals surface area contributed by atoms with E-state index < -0.39 is 17.2 Å². The second kappa shape index (κ2) is 32.5. The third kappa shape index (κ3) is 19.4. The molecule has 3 aromatic carbocycles. The van der Waals surface area contributed by atoms with E-state index in [2.05, 4.69) is 13.8 Å². The van der Waals surface area contributed by atoms with Gasteiger partial charge in [-0.05, 0) is 238 Å². The molecule has 3 N–H and O–H groups in total. The monoisotopic (exact) mass is 1220 g/mol. The van der Waals surface area contributed by atoms with Crippen LogP contribution in [-0.2, 0) is 43.1 Å². The summed E-state index contributed by atoms with van der Waals surface area (Å²) in [6, 6.07) is 23.2. The average molecular weight is 1220 g/mol. The van der Waals surface area contributed by atoms with E-state index in [1.165, 1.54) is 81.8 Å². The molecule has 0 spiro atoms. The molecule has 6 aromatic rings. The second-order valence-corrected chi connectivity index (χ2v) is 25.6. The number of aromatic hydroxyl groups is 2. The standard InChI is InChI=1S/C28H39NO5.C24H31NO4.C22H29NO3/c1-7-32-27(30)28(4,5)34-23-15-19(2)24(20(3)16-23)17-22-13-14-25(33-18-31-6)26(29-22)21-11-9-8-10-12-21;1-15-12-19(29-24(3,4)23(27)28)13-16(2)20(15)14-18-10-11-21(26)22(25-18)17-8-6-5-7-9-17;1-15-11-19(24)12-16(2)20(15)13-18-9-10-21(26-14-25-3)22(23-18)17-7-5-4-6-8-17/h13-16,21H,7-12,17-18H2,1-6H3;10-13,17,26H,5-9,14H2,1-4H3,(H,27,28);9-12,17,24H,4-8,13-14H2,1-3H3. The van der Waals surface area contributed by atoms with E-state index in [4.69, 9.17) is 48.1 Å². The Labute approximate surface area is 529 Å². The summed E-state index contributed by atoms with van der Waals surface area (Å²) in [6.07, 6.45) is 20.3. The highest BCUT2D eigenvalue weighted by Crippen LogP contribution is 2.40. The van der Waals surface area contributed by atoms with Crippen molar-refractivity contribution in [3.63, 3.8) is 0 Å². The van der Waals surface area contributed by atoms with E-state index in [0.29, 0.717) is 53.8 Å². The lowest BCUT2D eigenvalue weighted by Gasteiger charge is -2.25. The molecule has 89 heavy (non-hydrogen) atoms. The number of carbonyl (C=O) groups excluding carboxylic acids is 1. The molecule has 482 valence electrons. The molecule has 0 unspecified atom stereocenters. The van der Waals surface area contributed by atoms with Gasteiger partial charge in [-0.25, -0.2) is 9.59 Å². The molecule has 15 nitrogen and oxygen atoms in total. The van der Waals surface area contributed by atoms with Crippen molar-refractivity contribution in [3.8, 4) is 34.5 Å². The number of methoxy groups -OCH3 is 2. The van der Waals surface area contributed by atoms with Gasteiger partial charge < -0.3 is 48.5 Å². The first kappa shape index (κ1) is 69.2. The topological polar surface area (TPSA) is 198 Å². The average Bonchev–Trinajstić information content (AvgIpc) is 1.17. The van der Waals surface area contributed by atoms with Gasteiger partial charge in [0, 0.05) is 68.3 Å². The zero-order chi connectivity index (χ0) is 64.4. The SMILES string of the molecule is CCOC(=O)C(C)(C)Oc1cc(C)c(Cc2ccc(OCOC)c(C3CCCCC3)n2)c(C)c1.COCOc1ccc(Cc2c(C)cc(O)cc2C)nc1C1CCCCC1.Cc1cc(OC(C)(C)C(=O)O)cc(C)c1Cc1ccc(O)c(C2CCCCC2)n1. The number of hydrogen-bond acceptors (Lipinski definition) is 14. The smallest absolute Gasteiger partial charge is 0.349 e. The quantitative estimate of drug-likeness (QED) is 0.0428. The summed E-state index contributed by atoms with van der Waals surface area (Å²) in [5.74, 6) is 3.40. The molecular weight excluding hydrogens is 1120 g/mol. The van der Waals surface area contributed by atoms with Gasteiger partial charge >= 0.3 is 11.9 Å². The maximum Gasteiger partial charge on any atom is 0.349 e. The number of rotatable bonds is 22. The van der Waals surface area contributed by atoms with Crippen molar-refractivity contribution in [1.82, 2.24) is 15.0 Å². The van der Waals surface area contributed by atoms with Crippen molar-refractivity contribution in [2.24, 2.45) is 0 Å². The van der Waals surface area contributed by atoms with E-state index in [0.717, 1.165) is 123 Å². The van der Waals surface area contributed by atoms with Gasteiger partial charge in [-0.3, -0.25) is 15.0 Å². The molecule has 3 aliphatic carbocycles. The van der Waals surface area contributed by atoms with Gasteiger partial charge in [-0.1, -0.05) is 57.8 Å². The molecule has 9 rings (SSSR count). The highest BCUT2D eigenvalue weighted by molar-refractivity contribution is 5.79. The lowest BCUT2D eigenvalue weighted by Crippen LogP contribution is -2.39. The Morgan fingerprint density at radius 2 is 0.820 bits per heavy atom. The largest absolute Gasteiger partial charge is 0.508 e. The van der Waals surface area contributed by atoms with Gasteiger partial charge in [0.1, 0.15) is 34.5 Å². The van der Waals surface area contributed by atoms with Crippen LogP contribution in [0.4, 0.5) is 0 Å². The molecule has 0 aliphatic heterocycles. The number of phenols is 1. The van der Waals surface area contributed by atoms with Crippen molar-refractivity contribution >= 4 is 11.9 Å². The van der Waals surface area contributed by atoms with Crippen molar-refractivity contribution in [3.05, 3.63) is 157 Å².